The van der Waals surface area contributed by atoms with Crippen molar-refractivity contribution in [2.45, 2.75) is 37.1 Å². The number of benzene rings is 1. The molecule has 2 rings (SSSR count). The number of nitrogens with one attached hydrogen (secondary N) is 1. The van der Waals surface area contributed by atoms with Gasteiger partial charge in [-0.05, 0) is 37.0 Å². The van der Waals surface area contributed by atoms with Gasteiger partial charge in [0, 0.05) is 11.7 Å². The second kappa shape index (κ2) is 4.85. The number of sulfonamides is 1. The first-order chi connectivity index (χ1) is 8.42. The van der Waals surface area contributed by atoms with E-state index in [2.05, 4.69) is 11.6 Å². The van der Waals surface area contributed by atoms with E-state index in [1.54, 1.807) is 0 Å². The van der Waals surface area contributed by atoms with Gasteiger partial charge in [0.05, 0.1) is 4.90 Å². The fraction of sp³-hybridized carbons (Fsp3) is 0.500. The van der Waals surface area contributed by atoms with Gasteiger partial charge < -0.3 is 5.73 Å². The number of hydrogen-bond donors (Lipinski definition) is 2. The molecule has 1 aromatic carbocycles. The minimum atomic E-state index is -3.66. The molecule has 1 aliphatic carbocycles. The zero-order valence-electron chi connectivity index (χ0n) is 10.2. The molecule has 100 valence electrons. The molecule has 3 N–H and O–H groups in total. The van der Waals surface area contributed by atoms with Crippen LogP contribution in [0.3, 0.4) is 0 Å². The average molecular weight is 272 g/mol. The van der Waals surface area contributed by atoms with Crippen LogP contribution in [0, 0.1) is 11.7 Å². The van der Waals surface area contributed by atoms with Gasteiger partial charge in [-0.1, -0.05) is 13.3 Å². The fourth-order valence-corrected chi connectivity index (χ4v) is 3.47. The van der Waals surface area contributed by atoms with E-state index in [9.17, 15) is 12.8 Å². The maximum Gasteiger partial charge on any atom is 0.241 e. The van der Waals surface area contributed by atoms with Crippen LogP contribution in [0.4, 0.5) is 10.1 Å². The Labute approximate surface area is 106 Å². The number of nitrogen functional groups attached to an aromatic ring is 1. The highest BCUT2D eigenvalue weighted by molar-refractivity contribution is 7.89. The molecule has 0 heterocycles. The molecule has 1 aliphatic rings. The lowest BCUT2D eigenvalue weighted by atomic mass is 10.2. The van der Waals surface area contributed by atoms with Crippen LogP contribution < -0.4 is 10.5 Å². The Bertz CT molecular complexity index is 525. The maximum atomic E-state index is 13.1. The molecule has 0 radical (unpaired) electrons. The summed E-state index contributed by atoms with van der Waals surface area (Å²) < 4.78 is 39.7. The number of nitrogens with two attached hydrogens (primary N) is 1. The van der Waals surface area contributed by atoms with Gasteiger partial charge in [-0.2, -0.15) is 0 Å². The molecule has 18 heavy (non-hydrogen) atoms. The lowest BCUT2D eigenvalue weighted by Crippen LogP contribution is -2.27. The molecule has 0 amide bonds. The van der Waals surface area contributed by atoms with Crippen molar-refractivity contribution in [3.63, 3.8) is 0 Å². The lowest BCUT2D eigenvalue weighted by Gasteiger charge is -2.07. The largest absolute Gasteiger partial charge is 0.399 e. The Morgan fingerprint density at radius 3 is 2.78 bits per heavy atom. The first-order valence-corrected chi connectivity index (χ1v) is 7.49. The Balaban J connectivity index is 2.12. The van der Waals surface area contributed by atoms with Gasteiger partial charge in [0.25, 0.3) is 0 Å². The predicted octanol–water partition coefficient (Wildman–Crippen LogP) is 1.87. The van der Waals surface area contributed by atoms with E-state index in [-0.39, 0.29) is 16.6 Å². The molecule has 1 aromatic rings. The molecule has 0 spiro atoms. The van der Waals surface area contributed by atoms with Crippen LogP contribution in [-0.2, 0) is 10.0 Å². The number of rotatable bonds is 5. The van der Waals surface area contributed by atoms with Gasteiger partial charge in [0.1, 0.15) is 5.82 Å². The highest BCUT2D eigenvalue weighted by Gasteiger charge is 2.39. The summed E-state index contributed by atoms with van der Waals surface area (Å²) in [6.07, 6.45) is 2.91. The van der Waals surface area contributed by atoms with Crippen LogP contribution in [0.25, 0.3) is 0 Å². The van der Waals surface area contributed by atoms with Crippen LogP contribution in [0.5, 0.6) is 0 Å². The first-order valence-electron chi connectivity index (χ1n) is 6.01. The molecule has 0 saturated heterocycles. The fourth-order valence-electron chi connectivity index (χ4n) is 2.09. The van der Waals surface area contributed by atoms with Crippen molar-refractivity contribution >= 4 is 15.7 Å². The van der Waals surface area contributed by atoms with Gasteiger partial charge in [0.15, 0.2) is 0 Å². The molecule has 1 saturated carbocycles. The van der Waals surface area contributed by atoms with E-state index >= 15 is 0 Å². The summed E-state index contributed by atoms with van der Waals surface area (Å²) in [5, 5.41) is 0. The van der Waals surface area contributed by atoms with Gasteiger partial charge in [-0.3, -0.25) is 0 Å². The van der Waals surface area contributed by atoms with E-state index in [0.29, 0.717) is 5.92 Å². The highest BCUT2D eigenvalue weighted by atomic mass is 32.2. The second-order valence-electron chi connectivity index (χ2n) is 4.73. The smallest absolute Gasteiger partial charge is 0.241 e. The number of halogens is 1. The third-order valence-corrected chi connectivity index (χ3v) is 4.56. The van der Waals surface area contributed by atoms with Crippen molar-refractivity contribution < 1.29 is 12.8 Å². The normalized spacial score (nSPS) is 23.0. The van der Waals surface area contributed by atoms with Crippen molar-refractivity contribution in [3.8, 4) is 0 Å². The Hall–Kier alpha value is -1.14. The molecule has 1 fully saturated rings. The molecule has 6 heteroatoms. The van der Waals surface area contributed by atoms with Crippen LogP contribution in [-0.4, -0.2) is 14.5 Å². The number of hydrogen-bond acceptors (Lipinski definition) is 3. The molecule has 2 unspecified atom stereocenters. The topological polar surface area (TPSA) is 72.2 Å². The summed E-state index contributed by atoms with van der Waals surface area (Å²) in [4.78, 5) is -0.109. The summed E-state index contributed by atoms with van der Waals surface area (Å²) in [5.74, 6) is -0.230. The van der Waals surface area contributed by atoms with Crippen LogP contribution >= 0.6 is 0 Å². The molecule has 0 aromatic heterocycles. The summed E-state index contributed by atoms with van der Waals surface area (Å²) in [5.41, 5.74) is 5.55. The van der Waals surface area contributed by atoms with Crippen molar-refractivity contribution in [3.05, 3.63) is 24.0 Å². The van der Waals surface area contributed by atoms with Crippen molar-refractivity contribution in [1.29, 1.82) is 0 Å². The molecular weight excluding hydrogens is 255 g/mol. The summed E-state index contributed by atoms with van der Waals surface area (Å²) >= 11 is 0. The van der Waals surface area contributed by atoms with Crippen LogP contribution in [0.1, 0.15) is 26.2 Å². The van der Waals surface area contributed by atoms with E-state index < -0.39 is 15.8 Å². The Kier molecular flexibility index (Phi) is 3.59. The minimum absolute atomic E-state index is 0.0144. The van der Waals surface area contributed by atoms with Crippen molar-refractivity contribution in [2.24, 2.45) is 5.92 Å². The van der Waals surface area contributed by atoms with Crippen LogP contribution in [0.15, 0.2) is 23.1 Å². The standard InChI is InChI=1S/C12H17FN2O2S/c1-2-3-8-4-12(8)15-18(16,17)11-6-9(13)5-10(14)7-11/h5-8,12,15H,2-4,14H2,1H3. The minimum Gasteiger partial charge on any atom is -0.399 e. The molecule has 2 atom stereocenters. The third kappa shape index (κ3) is 3.00. The first kappa shape index (κ1) is 13.3. The Morgan fingerprint density at radius 2 is 2.17 bits per heavy atom. The van der Waals surface area contributed by atoms with Gasteiger partial charge in [-0.25, -0.2) is 17.5 Å². The SMILES string of the molecule is CCCC1CC1NS(=O)(=O)c1cc(N)cc(F)c1. The second-order valence-corrected chi connectivity index (χ2v) is 6.45. The summed E-state index contributed by atoms with van der Waals surface area (Å²) in [6, 6.07) is 3.33. The zero-order chi connectivity index (χ0) is 13.3. The van der Waals surface area contributed by atoms with Gasteiger partial charge in [0.2, 0.25) is 10.0 Å². The summed E-state index contributed by atoms with van der Waals surface area (Å²) in [6.45, 7) is 2.07. The molecule has 0 bridgehead atoms. The van der Waals surface area contributed by atoms with Crippen LogP contribution in [0.2, 0.25) is 0 Å². The maximum absolute atomic E-state index is 13.1. The molecular formula is C12H17FN2O2S. The zero-order valence-corrected chi connectivity index (χ0v) is 11.0. The highest BCUT2D eigenvalue weighted by Crippen LogP contribution is 2.35. The van der Waals surface area contributed by atoms with E-state index in [1.165, 1.54) is 6.07 Å². The van der Waals surface area contributed by atoms with E-state index in [4.69, 9.17) is 5.73 Å². The molecule has 4 nitrogen and oxygen atoms in total. The summed E-state index contributed by atoms with van der Waals surface area (Å²) in [7, 11) is -3.66. The van der Waals surface area contributed by atoms with Gasteiger partial charge >= 0.3 is 0 Å². The predicted molar refractivity (Wildman–Crippen MR) is 67.9 cm³/mol. The average Bonchev–Trinajstić information content (AvgIpc) is 2.94. The monoisotopic (exact) mass is 272 g/mol. The lowest BCUT2D eigenvalue weighted by molar-refractivity contribution is 0.570. The van der Waals surface area contributed by atoms with Gasteiger partial charge in [-0.15, -0.1) is 0 Å². The molecule has 0 aliphatic heterocycles. The van der Waals surface area contributed by atoms with E-state index in [0.717, 1.165) is 31.4 Å². The Morgan fingerprint density at radius 1 is 1.44 bits per heavy atom. The third-order valence-electron chi connectivity index (χ3n) is 3.09. The van der Waals surface area contributed by atoms with E-state index in [1.807, 2.05) is 0 Å². The number of anilines is 1. The van der Waals surface area contributed by atoms with Crippen molar-refractivity contribution in [1.82, 2.24) is 4.72 Å². The quantitative estimate of drug-likeness (QED) is 0.804. The van der Waals surface area contributed by atoms with Crippen molar-refractivity contribution in [2.75, 3.05) is 5.73 Å².